The fourth-order valence-electron chi connectivity index (χ4n) is 3.97. The van der Waals surface area contributed by atoms with Gasteiger partial charge in [0.1, 0.15) is 5.75 Å². The predicted molar refractivity (Wildman–Crippen MR) is 90.1 cm³/mol. The Balaban J connectivity index is 1.82. The third kappa shape index (κ3) is 2.38. The van der Waals surface area contributed by atoms with Crippen molar-refractivity contribution in [1.29, 1.82) is 0 Å². The monoisotopic (exact) mass is 315 g/mol. The Kier molecular flexibility index (Phi) is 3.68. The number of carbonyl (C=O) groups excluding carboxylic acids is 1. The molecule has 0 bridgehead atoms. The first-order chi connectivity index (χ1) is 11.2. The zero-order chi connectivity index (χ0) is 16.0. The van der Waals surface area contributed by atoms with E-state index in [9.17, 15) is 4.79 Å². The number of hydrogen-bond donors (Lipinski definition) is 1. The molecule has 124 valence electrons. The number of urea groups is 1. The Morgan fingerprint density at radius 1 is 1.30 bits per heavy atom. The molecule has 0 atom stereocenters. The standard InChI is InChI=1S/C18H25N3O2/c1-3-20-7-4-8-21(18(20)22)15-9-13-10-19-11-14(13)16(12-5-6-12)17(15)23-2/h9,12,19H,3-8,10-11H2,1-2H3. The number of carbonyl (C=O) groups is 1. The smallest absolute Gasteiger partial charge is 0.324 e. The maximum absolute atomic E-state index is 12.8. The van der Waals surface area contributed by atoms with Crippen molar-refractivity contribution in [2.45, 2.75) is 45.2 Å². The van der Waals surface area contributed by atoms with Crippen LogP contribution in [0.1, 0.15) is 48.8 Å². The highest BCUT2D eigenvalue weighted by molar-refractivity contribution is 5.95. The summed E-state index contributed by atoms with van der Waals surface area (Å²) in [6, 6.07) is 2.29. The lowest BCUT2D eigenvalue weighted by Crippen LogP contribution is -2.49. The number of benzene rings is 1. The maximum atomic E-state index is 12.8. The second-order valence-corrected chi connectivity index (χ2v) is 6.73. The number of nitrogens with one attached hydrogen (secondary N) is 1. The Labute approximate surface area is 137 Å². The molecule has 0 unspecified atom stereocenters. The molecule has 0 aromatic heterocycles. The van der Waals surface area contributed by atoms with Gasteiger partial charge in [-0.25, -0.2) is 4.79 Å². The zero-order valence-electron chi connectivity index (χ0n) is 14.0. The Morgan fingerprint density at radius 2 is 2.13 bits per heavy atom. The molecule has 2 amide bonds. The highest BCUT2D eigenvalue weighted by Gasteiger charge is 2.36. The minimum atomic E-state index is 0.115. The lowest BCUT2D eigenvalue weighted by molar-refractivity contribution is 0.198. The molecule has 1 N–H and O–H groups in total. The van der Waals surface area contributed by atoms with Crippen LogP contribution in [0.15, 0.2) is 6.07 Å². The molecule has 0 radical (unpaired) electrons. The molecule has 2 heterocycles. The number of ether oxygens (including phenoxy) is 1. The summed E-state index contributed by atoms with van der Waals surface area (Å²) in [4.78, 5) is 16.7. The van der Waals surface area contributed by atoms with Crippen molar-refractivity contribution in [3.8, 4) is 5.75 Å². The number of methoxy groups -OCH3 is 1. The zero-order valence-corrected chi connectivity index (χ0v) is 14.0. The van der Waals surface area contributed by atoms with Gasteiger partial charge in [-0.05, 0) is 49.3 Å². The van der Waals surface area contributed by atoms with Crippen LogP contribution in [0.3, 0.4) is 0 Å². The fourth-order valence-corrected chi connectivity index (χ4v) is 3.97. The van der Waals surface area contributed by atoms with Crippen LogP contribution in [-0.4, -0.2) is 37.7 Å². The Morgan fingerprint density at radius 3 is 2.83 bits per heavy atom. The van der Waals surface area contributed by atoms with Gasteiger partial charge in [-0.2, -0.15) is 0 Å². The number of nitrogens with zero attached hydrogens (tertiary/aromatic N) is 2. The van der Waals surface area contributed by atoms with Crippen molar-refractivity contribution in [3.63, 3.8) is 0 Å². The van der Waals surface area contributed by atoms with Crippen LogP contribution in [0, 0.1) is 0 Å². The molecule has 23 heavy (non-hydrogen) atoms. The molecule has 0 spiro atoms. The maximum Gasteiger partial charge on any atom is 0.324 e. The second-order valence-electron chi connectivity index (χ2n) is 6.73. The third-order valence-corrected chi connectivity index (χ3v) is 5.29. The van der Waals surface area contributed by atoms with Crippen LogP contribution >= 0.6 is 0 Å². The van der Waals surface area contributed by atoms with Gasteiger partial charge in [0.15, 0.2) is 0 Å². The van der Waals surface area contributed by atoms with E-state index < -0.39 is 0 Å². The predicted octanol–water partition coefficient (Wildman–Crippen LogP) is 2.83. The highest BCUT2D eigenvalue weighted by Crippen LogP contribution is 2.51. The number of anilines is 1. The molecule has 5 heteroatoms. The number of hydrogen-bond acceptors (Lipinski definition) is 3. The lowest BCUT2D eigenvalue weighted by Gasteiger charge is -2.36. The molecule has 1 aromatic carbocycles. The summed E-state index contributed by atoms with van der Waals surface area (Å²) in [5.74, 6) is 1.54. The van der Waals surface area contributed by atoms with Crippen LogP contribution in [0.25, 0.3) is 0 Å². The molecule has 1 saturated carbocycles. The van der Waals surface area contributed by atoms with Gasteiger partial charge in [0.05, 0.1) is 12.8 Å². The van der Waals surface area contributed by atoms with Gasteiger partial charge >= 0.3 is 6.03 Å². The summed E-state index contributed by atoms with van der Waals surface area (Å²) >= 11 is 0. The van der Waals surface area contributed by atoms with Gasteiger partial charge in [0.2, 0.25) is 0 Å². The quantitative estimate of drug-likeness (QED) is 0.929. The molecule has 2 aliphatic heterocycles. The average molecular weight is 315 g/mol. The lowest BCUT2D eigenvalue weighted by atomic mass is 9.96. The number of amides is 2. The second kappa shape index (κ2) is 5.71. The largest absolute Gasteiger partial charge is 0.494 e. The van der Waals surface area contributed by atoms with E-state index in [0.717, 1.165) is 50.6 Å². The summed E-state index contributed by atoms with van der Waals surface area (Å²) in [5, 5.41) is 3.45. The van der Waals surface area contributed by atoms with E-state index in [2.05, 4.69) is 11.4 Å². The summed E-state index contributed by atoms with van der Waals surface area (Å²) in [6.45, 7) is 6.26. The summed E-state index contributed by atoms with van der Waals surface area (Å²) in [7, 11) is 1.74. The first-order valence-corrected chi connectivity index (χ1v) is 8.74. The van der Waals surface area contributed by atoms with E-state index in [-0.39, 0.29) is 6.03 Å². The van der Waals surface area contributed by atoms with Gasteiger partial charge in [0.25, 0.3) is 0 Å². The van der Waals surface area contributed by atoms with Crippen LogP contribution in [0.4, 0.5) is 10.5 Å². The van der Waals surface area contributed by atoms with Crippen LogP contribution in [-0.2, 0) is 13.1 Å². The van der Waals surface area contributed by atoms with Gasteiger partial charge in [0, 0.05) is 38.3 Å². The minimum absolute atomic E-state index is 0.115. The van der Waals surface area contributed by atoms with E-state index in [1.54, 1.807) is 7.11 Å². The average Bonchev–Trinajstić information content (AvgIpc) is 3.30. The van der Waals surface area contributed by atoms with Crippen molar-refractivity contribution < 1.29 is 9.53 Å². The van der Waals surface area contributed by atoms with Crippen LogP contribution < -0.4 is 15.0 Å². The van der Waals surface area contributed by atoms with Crippen molar-refractivity contribution in [2.24, 2.45) is 0 Å². The van der Waals surface area contributed by atoms with Crippen molar-refractivity contribution in [3.05, 3.63) is 22.8 Å². The Hall–Kier alpha value is -1.75. The van der Waals surface area contributed by atoms with Crippen molar-refractivity contribution >= 4 is 11.7 Å². The molecule has 5 nitrogen and oxygen atoms in total. The molecule has 2 fully saturated rings. The third-order valence-electron chi connectivity index (χ3n) is 5.29. The van der Waals surface area contributed by atoms with Gasteiger partial charge in [-0.1, -0.05) is 0 Å². The van der Waals surface area contributed by atoms with E-state index >= 15 is 0 Å². The molecule has 3 aliphatic rings. The molecule has 4 rings (SSSR count). The summed E-state index contributed by atoms with van der Waals surface area (Å²) < 4.78 is 5.83. The first-order valence-electron chi connectivity index (χ1n) is 8.74. The van der Waals surface area contributed by atoms with Crippen molar-refractivity contribution in [1.82, 2.24) is 10.2 Å². The summed E-state index contributed by atoms with van der Waals surface area (Å²) in [5.41, 5.74) is 5.07. The van der Waals surface area contributed by atoms with E-state index in [0.29, 0.717) is 5.92 Å². The van der Waals surface area contributed by atoms with E-state index in [1.807, 2.05) is 16.7 Å². The van der Waals surface area contributed by atoms with Gasteiger partial charge in [-0.15, -0.1) is 0 Å². The number of rotatable bonds is 4. The molecular weight excluding hydrogens is 290 g/mol. The van der Waals surface area contributed by atoms with E-state index in [1.165, 1.54) is 29.5 Å². The Bertz CT molecular complexity index is 640. The van der Waals surface area contributed by atoms with Gasteiger partial charge in [-0.3, -0.25) is 4.90 Å². The van der Waals surface area contributed by atoms with Crippen LogP contribution in [0.5, 0.6) is 5.75 Å². The SMILES string of the molecule is CCN1CCCN(c2cc3c(c(C4CC4)c2OC)CNC3)C1=O. The highest BCUT2D eigenvalue weighted by atomic mass is 16.5. The first kappa shape index (κ1) is 14.8. The topological polar surface area (TPSA) is 44.8 Å². The molecular formula is C18H25N3O2. The van der Waals surface area contributed by atoms with Gasteiger partial charge < -0.3 is 15.0 Å². The normalized spacial score (nSPS) is 20.9. The summed E-state index contributed by atoms with van der Waals surface area (Å²) in [6.07, 6.45) is 3.49. The minimum Gasteiger partial charge on any atom is -0.494 e. The van der Waals surface area contributed by atoms with Crippen molar-refractivity contribution in [2.75, 3.05) is 31.6 Å². The van der Waals surface area contributed by atoms with Crippen LogP contribution in [0.2, 0.25) is 0 Å². The molecule has 1 aliphatic carbocycles. The molecule has 1 aromatic rings. The van der Waals surface area contributed by atoms with E-state index in [4.69, 9.17) is 4.74 Å². The molecule has 1 saturated heterocycles. The number of fused-ring (bicyclic) bond motifs is 1. The fraction of sp³-hybridized carbons (Fsp3) is 0.611.